The van der Waals surface area contributed by atoms with Gasteiger partial charge in [-0.15, -0.1) is 0 Å². The van der Waals surface area contributed by atoms with Gasteiger partial charge < -0.3 is 4.74 Å². The third kappa shape index (κ3) is 4.51. The number of pyridine rings is 1. The van der Waals surface area contributed by atoms with E-state index in [-0.39, 0.29) is 18.7 Å². The van der Waals surface area contributed by atoms with Gasteiger partial charge in [-0.3, -0.25) is 4.99 Å². The van der Waals surface area contributed by atoms with Gasteiger partial charge in [-0.2, -0.15) is 10.5 Å². The number of fused-ring (bicyclic) bond motifs is 3. The van der Waals surface area contributed by atoms with Gasteiger partial charge in [0.1, 0.15) is 36.0 Å². The minimum Gasteiger partial charge on any atom is -0.488 e. The van der Waals surface area contributed by atoms with Crippen molar-refractivity contribution in [3.05, 3.63) is 119 Å². The molecule has 0 saturated heterocycles. The molecule has 5 nitrogen and oxygen atoms in total. The second-order valence-corrected chi connectivity index (χ2v) is 8.13. The van der Waals surface area contributed by atoms with E-state index in [2.05, 4.69) is 11.1 Å². The molecule has 0 N–H and O–H groups in total. The number of hydrogen-bond acceptors (Lipinski definition) is 5. The molecule has 6 heteroatoms. The van der Waals surface area contributed by atoms with Crippen molar-refractivity contribution in [2.75, 3.05) is 0 Å². The van der Waals surface area contributed by atoms with Crippen LogP contribution in [-0.2, 0) is 13.0 Å². The van der Waals surface area contributed by atoms with E-state index in [1.165, 1.54) is 6.07 Å². The Morgan fingerprint density at radius 3 is 2.29 bits per heavy atom. The van der Waals surface area contributed by atoms with Gasteiger partial charge in [0, 0.05) is 40.4 Å². The van der Waals surface area contributed by atoms with E-state index >= 15 is 4.39 Å². The van der Waals surface area contributed by atoms with Gasteiger partial charge in [-0.25, -0.2) is 9.37 Å². The highest BCUT2D eigenvalue weighted by molar-refractivity contribution is 6.13. The second kappa shape index (κ2) is 9.59. The quantitative estimate of drug-likeness (QED) is 0.363. The molecule has 1 aliphatic rings. The Balaban J connectivity index is 1.50. The standard InChI is InChI=1S/C29H19FN4O/c30-27-14-25-26-17-33-23(15-31)12-22(26)18-35-28(25)13-21(27)11-24(16-32)34-29(19-7-3-1-4-8-19)20-9-5-2-6-10-20/h1-10,12-14,17,24H,11,18H2. The van der Waals surface area contributed by atoms with Crippen LogP contribution in [0.5, 0.6) is 5.75 Å². The zero-order valence-electron chi connectivity index (χ0n) is 18.6. The maximum absolute atomic E-state index is 15.2. The maximum atomic E-state index is 15.2. The van der Waals surface area contributed by atoms with E-state index in [4.69, 9.17) is 15.0 Å². The molecule has 2 heterocycles. The lowest BCUT2D eigenvalue weighted by atomic mass is 9.95. The average Bonchev–Trinajstić information content (AvgIpc) is 2.91. The van der Waals surface area contributed by atoms with Crippen molar-refractivity contribution in [3.63, 3.8) is 0 Å². The van der Waals surface area contributed by atoms with Gasteiger partial charge in [0.25, 0.3) is 0 Å². The monoisotopic (exact) mass is 458 g/mol. The molecular weight excluding hydrogens is 439 g/mol. The highest BCUT2D eigenvalue weighted by atomic mass is 19.1. The molecule has 4 aromatic rings. The lowest BCUT2D eigenvalue weighted by Crippen LogP contribution is -2.14. The minimum atomic E-state index is -0.798. The van der Waals surface area contributed by atoms with Crippen LogP contribution in [0.4, 0.5) is 4.39 Å². The summed E-state index contributed by atoms with van der Waals surface area (Å²) in [4.78, 5) is 8.86. The van der Waals surface area contributed by atoms with Crippen LogP contribution in [0, 0.1) is 28.5 Å². The van der Waals surface area contributed by atoms with E-state index in [9.17, 15) is 5.26 Å². The van der Waals surface area contributed by atoms with Crippen LogP contribution in [0.2, 0.25) is 0 Å². The SMILES string of the molecule is N#Cc1cc2c(cn1)-c1cc(F)c(CC(C#N)N=C(c3ccccc3)c3ccccc3)cc1OC2. The van der Waals surface area contributed by atoms with E-state index in [0.717, 1.165) is 22.3 Å². The summed E-state index contributed by atoms with van der Waals surface area (Å²) in [5.74, 6) is 0.0772. The number of nitrogens with zero attached hydrogens (tertiary/aromatic N) is 4. The summed E-state index contributed by atoms with van der Waals surface area (Å²) in [5.41, 5.74) is 5.19. The Labute approximate surface area is 202 Å². The first-order valence-electron chi connectivity index (χ1n) is 11.1. The van der Waals surface area contributed by atoms with Crippen LogP contribution in [-0.4, -0.2) is 16.7 Å². The van der Waals surface area contributed by atoms with Crippen molar-refractivity contribution in [3.8, 4) is 29.0 Å². The molecule has 1 aromatic heterocycles. The highest BCUT2D eigenvalue weighted by Gasteiger charge is 2.22. The zero-order chi connectivity index (χ0) is 24.2. The fourth-order valence-corrected chi connectivity index (χ4v) is 4.15. The largest absolute Gasteiger partial charge is 0.488 e. The molecule has 0 aliphatic carbocycles. The number of rotatable bonds is 5. The molecule has 0 saturated carbocycles. The molecule has 0 amide bonds. The summed E-state index contributed by atoms with van der Waals surface area (Å²) in [6.45, 7) is 0.261. The number of nitriles is 2. The first-order valence-corrected chi connectivity index (χ1v) is 11.1. The molecule has 0 spiro atoms. The number of halogens is 1. The van der Waals surface area contributed by atoms with Gasteiger partial charge in [0.15, 0.2) is 0 Å². The van der Waals surface area contributed by atoms with E-state index in [1.54, 1.807) is 18.3 Å². The molecule has 35 heavy (non-hydrogen) atoms. The molecule has 3 aromatic carbocycles. The van der Waals surface area contributed by atoms with Crippen LogP contribution < -0.4 is 4.74 Å². The lowest BCUT2D eigenvalue weighted by Gasteiger charge is -2.22. The van der Waals surface area contributed by atoms with Crippen molar-refractivity contribution in [1.29, 1.82) is 10.5 Å². The summed E-state index contributed by atoms with van der Waals surface area (Å²) >= 11 is 0. The molecule has 0 fully saturated rings. The third-order valence-corrected chi connectivity index (χ3v) is 5.87. The van der Waals surface area contributed by atoms with E-state index < -0.39 is 11.9 Å². The highest BCUT2D eigenvalue weighted by Crippen LogP contribution is 2.39. The van der Waals surface area contributed by atoms with E-state index in [0.29, 0.717) is 22.6 Å². The lowest BCUT2D eigenvalue weighted by molar-refractivity contribution is 0.301. The van der Waals surface area contributed by atoms with Crippen molar-refractivity contribution < 1.29 is 9.13 Å². The molecule has 0 bridgehead atoms. The Morgan fingerprint density at radius 1 is 0.971 bits per heavy atom. The van der Waals surface area contributed by atoms with E-state index in [1.807, 2.05) is 66.7 Å². The summed E-state index contributed by atoms with van der Waals surface area (Å²) in [6, 6.07) is 27.4. The third-order valence-electron chi connectivity index (χ3n) is 5.87. The Kier molecular flexibility index (Phi) is 6.03. The molecule has 1 atom stereocenters. The fourth-order valence-electron chi connectivity index (χ4n) is 4.15. The predicted molar refractivity (Wildman–Crippen MR) is 130 cm³/mol. The van der Waals surface area contributed by atoms with Crippen molar-refractivity contribution in [1.82, 2.24) is 4.98 Å². The fraction of sp³-hybridized carbons (Fsp3) is 0.103. The first kappa shape index (κ1) is 22.0. The van der Waals surface area contributed by atoms with Gasteiger partial charge in [0.05, 0.1) is 11.8 Å². The second-order valence-electron chi connectivity index (χ2n) is 8.13. The number of aliphatic imine (C=N–C) groups is 1. The Hall–Kier alpha value is -4.81. The number of ether oxygens (including phenoxy) is 1. The van der Waals surface area contributed by atoms with Crippen LogP contribution in [0.25, 0.3) is 11.1 Å². The van der Waals surface area contributed by atoms with Crippen LogP contribution in [0.3, 0.4) is 0 Å². The smallest absolute Gasteiger partial charge is 0.141 e. The molecular formula is C29H19FN4O. The topological polar surface area (TPSA) is 82.1 Å². The van der Waals surface area contributed by atoms with Crippen LogP contribution >= 0.6 is 0 Å². The molecule has 0 radical (unpaired) electrons. The van der Waals surface area contributed by atoms with Crippen molar-refractivity contribution in [2.45, 2.75) is 19.1 Å². The first-order chi connectivity index (χ1) is 17.2. The summed E-state index contributed by atoms with van der Waals surface area (Å²) in [5, 5.41) is 19.0. The van der Waals surface area contributed by atoms with Crippen LogP contribution in [0.1, 0.15) is 27.9 Å². The Bertz CT molecular complexity index is 1460. The van der Waals surface area contributed by atoms with Gasteiger partial charge in [-0.1, -0.05) is 60.7 Å². The zero-order valence-corrected chi connectivity index (χ0v) is 18.6. The van der Waals surface area contributed by atoms with Gasteiger partial charge >= 0.3 is 0 Å². The summed E-state index contributed by atoms with van der Waals surface area (Å²) in [6.07, 6.45) is 1.67. The molecule has 1 unspecified atom stereocenters. The predicted octanol–water partition coefficient (Wildman–Crippen LogP) is 5.62. The normalized spacial score (nSPS) is 12.2. The van der Waals surface area contributed by atoms with Crippen LogP contribution in [0.15, 0.2) is 90.1 Å². The number of aromatic nitrogens is 1. The van der Waals surface area contributed by atoms with Gasteiger partial charge in [0.2, 0.25) is 0 Å². The maximum Gasteiger partial charge on any atom is 0.141 e. The number of benzene rings is 3. The van der Waals surface area contributed by atoms with Gasteiger partial charge in [-0.05, 0) is 23.8 Å². The number of hydrogen-bond donors (Lipinski definition) is 0. The van der Waals surface area contributed by atoms with Crippen molar-refractivity contribution >= 4 is 5.71 Å². The molecule has 1 aliphatic heterocycles. The summed E-state index contributed by atoms with van der Waals surface area (Å²) < 4.78 is 21.1. The minimum absolute atomic E-state index is 0.0978. The average molecular weight is 458 g/mol. The molecule has 5 rings (SSSR count). The van der Waals surface area contributed by atoms with Crippen molar-refractivity contribution in [2.24, 2.45) is 4.99 Å². The summed E-state index contributed by atoms with van der Waals surface area (Å²) in [7, 11) is 0. The Morgan fingerprint density at radius 2 is 1.66 bits per heavy atom. The molecule has 168 valence electrons.